The lowest BCUT2D eigenvalue weighted by Gasteiger charge is -2.29. The second kappa shape index (κ2) is 7.62. The molecule has 3 amide bonds. The molecule has 6 nitrogen and oxygen atoms in total. The molecule has 2 aliphatic rings. The number of imide groups is 1. The number of carbonyl (C=O) groups is 3. The number of hydrogen-bond acceptors (Lipinski definition) is 4. The number of carbonyl (C=O) groups excluding carboxylic acids is 3. The van der Waals surface area contributed by atoms with Gasteiger partial charge in [0.05, 0.1) is 23.9 Å². The Morgan fingerprint density at radius 1 is 1.14 bits per heavy atom. The molecule has 0 spiro atoms. The van der Waals surface area contributed by atoms with Crippen LogP contribution in [0.25, 0.3) is 0 Å². The third-order valence-corrected chi connectivity index (χ3v) is 5.67. The highest BCUT2D eigenvalue weighted by atomic mass is 16.3. The Morgan fingerprint density at radius 3 is 2.61 bits per heavy atom. The molecule has 1 aromatic carbocycles. The maximum absolute atomic E-state index is 13.0. The van der Waals surface area contributed by atoms with Crippen molar-refractivity contribution in [2.45, 2.75) is 51.6 Å². The zero-order valence-electron chi connectivity index (χ0n) is 16.0. The van der Waals surface area contributed by atoms with E-state index < -0.39 is 0 Å². The van der Waals surface area contributed by atoms with Gasteiger partial charge in [-0.05, 0) is 44.0 Å². The van der Waals surface area contributed by atoms with Crippen LogP contribution in [0.2, 0.25) is 0 Å². The highest BCUT2D eigenvalue weighted by Crippen LogP contribution is 2.27. The van der Waals surface area contributed by atoms with E-state index in [1.54, 1.807) is 18.4 Å². The lowest BCUT2D eigenvalue weighted by atomic mass is 10.1. The van der Waals surface area contributed by atoms with Crippen molar-refractivity contribution >= 4 is 17.7 Å². The highest BCUT2D eigenvalue weighted by Gasteiger charge is 2.36. The van der Waals surface area contributed by atoms with E-state index in [0.717, 1.165) is 37.0 Å². The van der Waals surface area contributed by atoms with Crippen LogP contribution in [0.4, 0.5) is 0 Å². The number of aryl methyl sites for hydroxylation is 1. The second-order valence-electron chi connectivity index (χ2n) is 7.60. The van der Waals surface area contributed by atoms with Gasteiger partial charge < -0.3 is 9.32 Å². The van der Waals surface area contributed by atoms with Crippen molar-refractivity contribution in [1.82, 2.24) is 9.80 Å². The van der Waals surface area contributed by atoms with Crippen LogP contribution >= 0.6 is 0 Å². The lowest BCUT2D eigenvalue weighted by molar-refractivity contribution is -0.134. The molecule has 1 aliphatic carbocycles. The number of fused-ring (bicyclic) bond motifs is 1. The second-order valence-corrected chi connectivity index (χ2v) is 7.60. The van der Waals surface area contributed by atoms with Crippen molar-refractivity contribution in [1.29, 1.82) is 0 Å². The van der Waals surface area contributed by atoms with Crippen molar-refractivity contribution in [3.63, 3.8) is 0 Å². The lowest BCUT2D eigenvalue weighted by Crippen LogP contribution is -2.41. The molecule has 146 valence electrons. The first-order valence-electron chi connectivity index (χ1n) is 9.83. The van der Waals surface area contributed by atoms with E-state index in [1.807, 2.05) is 30.0 Å². The Balaban J connectivity index is 1.45. The predicted octanol–water partition coefficient (Wildman–Crippen LogP) is 3.55. The molecule has 4 rings (SSSR count). The van der Waals surface area contributed by atoms with E-state index in [2.05, 4.69) is 0 Å². The number of furan rings is 1. The molecule has 6 heteroatoms. The molecule has 0 N–H and O–H groups in total. The van der Waals surface area contributed by atoms with E-state index in [0.29, 0.717) is 17.7 Å². The van der Waals surface area contributed by atoms with Crippen LogP contribution in [0.1, 0.15) is 64.1 Å². The fourth-order valence-electron chi connectivity index (χ4n) is 4.17. The number of amides is 3. The van der Waals surface area contributed by atoms with Crippen molar-refractivity contribution < 1.29 is 18.8 Å². The molecule has 2 heterocycles. The highest BCUT2D eigenvalue weighted by molar-refractivity contribution is 6.21. The van der Waals surface area contributed by atoms with Gasteiger partial charge in [-0.1, -0.05) is 24.5 Å². The zero-order chi connectivity index (χ0) is 19.7. The molecule has 28 heavy (non-hydrogen) atoms. The predicted molar refractivity (Wildman–Crippen MR) is 103 cm³/mol. The summed E-state index contributed by atoms with van der Waals surface area (Å²) < 4.78 is 5.43. The number of rotatable bonds is 6. The van der Waals surface area contributed by atoms with E-state index in [9.17, 15) is 14.4 Å². The molecule has 2 aromatic rings. The molecule has 1 saturated carbocycles. The summed E-state index contributed by atoms with van der Waals surface area (Å²) in [5, 5.41) is 0. The van der Waals surface area contributed by atoms with E-state index >= 15 is 0 Å². The molecule has 0 bridgehead atoms. The third kappa shape index (κ3) is 3.46. The molecule has 1 aromatic heterocycles. The van der Waals surface area contributed by atoms with Gasteiger partial charge in [0.15, 0.2) is 0 Å². The summed E-state index contributed by atoms with van der Waals surface area (Å²) >= 11 is 0. The van der Waals surface area contributed by atoms with Gasteiger partial charge in [0.1, 0.15) is 5.76 Å². The normalized spacial score (nSPS) is 16.7. The van der Waals surface area contributed by atoms with Crippen LogP contribution < -0.4 is 0 Å². The first kappa shape index (κ1) is 18.5. The Labute approximate surface area is 164 Å². The largest absolute Gasteiger partial charge is 0.467 e. The van der Waals surface area contributed by atoms with E-state index in [1.165, 1.54) is 4.90 Å². The number of nitrogens with zero attached hydrogens (tertiary/aromatic N) is 2. The third-order valence-electron chi connectivity index (χ3n) is 5.67. The average molecular weight is 380 g/mol. The van der Waals surface area contributed by atoms with Crippen LogP contribution in [0, 0.1) is 6.92 Å². The summed E-state index contributed by atoms with van der Waals surface area (Å²) in [4.78, 5) is 41.2. The van der Waals surface area contributed by atoms with Gasteiger partial charge in [0.2, 0.25) is 5.91 Å². The standard InChI is InChI=1S/C22H24N2O4/c1-15-8-9-18-19(13-15)22(27)23(21(18)26)11-10-20(25)24(16-5-2-3-6-16)14-17-7-4-12-28-17/h4,7-9,12-13,16H,2-3,5-6,10-11,14H2,1H3. The van der Waals surface area contributed by atoms with Gasteiger partial charge in [-0.2, -0.15) is 0 Å². The summed E-state index contributed by atoms with van der Waals surface area (Å²) in [6, 6.07) is 9.12. The van der Waals surface area contributed by atoms with Crippen LogP contribution in [0.5, 0.6) is 0 Å². The fraction of sp³-hybridized carbons (Fsp3) is 0.409. The molecular formula is C22H24N2O4. The summed E-state index contributed by atoms with van der Waals surface area (Å²) in [5.41, 5.74) is 1.79. The van der Waals surface area contributed by atoms with E-state index in [4.69, 9.17) is 4.42 Å². The molecule has 1 fully saturated rings. The molecule has 0 unspecified atom stereocenters. The van der Waals surface area contributed by atoms with Crippen LogP contribution in [-0.4, -0.2) is 40.1 Å². The quantitative estimate of drug-likeness (QED) is 0.719. The van der Waals surface area contributed by atoms with Gasteiger partial charge >= 0.3 is 0 Å². The van der Waals surface area contributed by atoms with Gasteiger partial charge in [0, 0.05) is 19.0 Å². The summed E-state index contributed by atoms with van der Waals surface area (Å²) in [6.07, 6.45) is 5.93. The minimum atomic E-state index is -0.314. The summed E-state index contributed by atoms with van der Waals surface area (Å²) in [7, 11) is 0. The van der Waals surface area contributed by atoms with Gasteiger partial charge in [-0.25, -0.2) is 0 Å². The molecule has 1 aliphatic heterocycles. The Hall–Kier alpha value is -2.89. The molecule has 0 radical (unpaired) electrons. The van der Waals surface area contributed by atoms with E-state index in [-0.39, 0.29) is 36.7 Å². The smallest absolute Gasteiger partial charge is 0.261 e. The zero-order valence-corrected chi connectivity index (χ0v) is 16.0. The molecular weight excluding hydrogens is 356 g/mol. The van der Waals surface area contributed by atoms with Crippen molar-refractivity contribution in [3.05, 3.63) is 59.0 Å². The minimum absolute atomic E-state index is 0.0453. The Bertz CT molecular complexity index is 897. The Morgan fingerprint density at radius 2 is 1.89 bits per heavy atom. The van der Waals surface area contributed by atoms with Gasteiger partial charge in [-0.3, -0.25) is 19.3 Å². The average Bonchev–Trinajstić information content (AvgIpc) is 3.42. The van der Waals surface area contributed by atoms with Crippen LogP contribution in [0.15, 0.2) is 41.0 Å². The maximum Gasteiger partial charge on any atom is 0.261 e. The summed E-state index contributed by atoms with van der Waals surface area (Å²) in [5.74, 6) is 0.0775. The topological polar surface area (TPSA) is 70.8 Å². The van der Waals surface area contributed by atoms with Crippen molar-refractivity contribution in [3.8, 4) is 0 Å². The molecule has 0 saturated heterocycles. The SMILES string of the molecule is Cc1ccc2c(c1)C(=O)N(CCC(=O)N(Cc1ccco1)C1CCCC1)C2=O. The number of benzene rings is 1. The number of hydrogen-bond donors (Lipinski definition) is 0. The maximum atomic E-state index is 13.0. The summed E-state index contributed by atoms with van der Waals surface area (Å²) in [6.45, 7) is 2.42. The molecule has 0 atom stereocenters. The fourth-order valence-corrected chi connectivity index (χ4v) is 4.17. The van der Waals surface area contributed by atoms with Crippen LogP contribution in [-0.2, 0) is 11.3 Å². The monoisotopic (exact) mass is 380 g/mol. The first-order chi connectivity index (χ1) is 13.5. The van der Waals surface area contributed by atoms with Crippen molar-refractivity contribution in [2.24, 2.45) is 0 Å². The van der Waals surface area contributed by atoms with Gasteiger partial charge in [0.25, 0.3) is 11.8 Å². The minimum Gasteiger partial charge on any atom is -0.467 e. The van der Waals surface area contributed by atoms with Crippen LogP contribution in [0.3, 0.4) is 0 Å². The first-order valence-corrected chi connectivity index (χ1v) is 9.83. The Kier molecular flexibility index (Phi) is 5.03. The van der Waals surface area contributed by atoms with Gasteiger partial charge in [-0.15, -0.1) is 0 Å². The van der Waals surface area contributed by atoms with Crippen molar-refractivity contribution in [2.75, 3.05) is 6.54 Å².